The lowest BCUT2D eigenvalue weighted by Crippen LogP contribution is -2.52. The van der Waals surface area contributed by atoms with Gasteiger partial charge in [0, 0.05) is 13.0 Å². The lowest BCUT2D eigenvalue weighted by molar-refractivity contribution is -0.147. The molecule has 176 valence electrons. The number of carbonyl (C=O) groups excluding carboxylic acids is 3. The monoisotopic (exact) mass is 452 g/mol. The van der Waals surface area contributed by atoms with Crippen LogP contribution >= 0.6 is 0 Å². The number of esters is 1. The van der Waals surface area contributed by atoms with Crippen LogP contribution < -0.4 is 4.90 Å². The molecule has 0 N–H and O–H groups in total. The van der Waals surface area contributed by atoms with Crippen molar-refractivity contribution in [2.45, 2.75) is 51.7 Å². The van der Waals surface area contributed by atoms with Crippen LogP contribution in [0.2, 0.25) is 0 Å². The van der Waals surface area contributed by atoms with Crippen LogP contribution in [-0.4, -0.2) is 54.7 Å². The Balaban J connectivity index is 1.81. The molecule has 1 aliphatic rings. The van der Waals surface area contributed by atoms with Crippen molar-refractivity contribution in [3.05, 3.63) is 65.7 Å². The number of benzene rings is 2. The first kappa shape index (κ1) is 24.3. The molecule has 1 aliphatic heterocycles. The van der Waals surface area contributed by atoms with Crippen molar-refractivity contribution in [1.29, 1.82) is 0 Å². The Morgan fingerprint density at radius 2 is 1.70 bits per heavy atom. The van der Waals surface area contributed by atoms with E-state index < -0.39 is 23.7 Å². The lowest BCUT2D eigenvalue weighted by atomic mass is 10.1. The van der Waals surface area contributed by atoms with Gasteiger partial charge < -0.3 is 14.4 Å². The topological polar surface area (TPSA) is 76.2 Å². The summed E-state index contributed by atoms with van der Waals surface area (Å²) in [4.78, 5) is 41.7. The van der Waals surface area contributed by atoms with E-state index in [9.17, 15) is 14.4 Å². The van der Waals surface area contributed by atoms with Crippen LogP contribution in [0.15, 0.2) is 54.6 Å². The summed E-state index contributed by atoms with van der Waals surface area (Å²) in [5.41, 5.74) is 2.01. The minimum absolute atomic E-state index is 0.168. The normalized spacial score (nSPS) is 15.0. The first-order chi connectivity index (χ1) is 15.7. The molecular weight excluding hydrogens is 420 g/mol. The third-order valence-electron chi connectivity index (χ3n) is 5.45. The van der Waals surface area contributed by atoms with Crippen molar-refractivity contribution < 1.29 is 23.9 Å². The van der Waals surface area contributed by atoms with Crippen molar-refractivity contribution in [3.8, 4) is 0 Å². The van der Waals surface area contributed by atoms with Gasteiger partial charge in [0.1, 0.15) is 18.2 Å². The molecule has 1 heterocycles. The second kappa shape index (κ2) is 10.5. The van der Waals surface area contributed by atoms with Gasteiger partial charge in [-0.15, -0.1) is 0 Å². The molecular formula is C26H32N2O5. The number of nitrogens with zero attached hydrogens (tertiary/aromatic N) is 2. The molecule has 7 heteroatoms. The fourth-order valence-electron chi connectivity index (χ4n) is 3.94. The van der Waals surface area contributed by atoms with Crippen LogP contribution in [0.25, 0.3) is 0 Å². The molecule has 2 aromatic rings. The van der Waals surface area contributed by atoms with Gasteiger partial charge in [0.25, 0.3) is 0 Å². The SMILES string of the molecule is COC(=O)CN(CCCc1ccccc1)C(=O)[C@H]1Cc2ccccc2N1C(=O)OC(C)(C)C. The first-order valence-electron chi connectivity index (χ1n) is 11.2. The van der Waals surface area contributed by atoms with Crippen molar-refractivity contribution in [3.63, 3.8) is 0 Å². The number of methoxy groups -OCH3 is 1. The molecule has 0 fully saturated rings. The molecule has 7 nitrogen and oxygen atoms in total. The quantitative estimate of drug-likeness (QED) is 0.594. The number of aryl methyl sites for hydroxylation is 1. The molecule has 2 aromatic carbocycles. The summed E-state index contributed by atoms with van der Waals surface area (Å²) in [6, 6.07) is 16.6. The van der Waals surface area contributed by atoms with E-state index in [-0.39, 0.29) is 12.5 Å². The van der Waals surface area contributed by atoms with E-state index in [2.05, 4.69) is 0 Å². The maximum absolute atomic E-state index is 13.7. The van der Waals surface area contributed by atoms with Crippen LogP contribution in [0.3, 0.4) is 0 Å². The Bertz CT molecular complexity index is 984. The number of para-hydroxylation sites is 1. The number of anilines is 1. The number of hydrogen-bond donors (Lipinski definition) is 0. The number of rotatable bonds is 7. The van der Waals surface area contributed by atoms with Gasteiger partial charge in [-0.2, -0.15) is 0 Å². The minimum atomic E-state index is -0.779. The fourth-order valence-corrected chi connectivity index (χ4v) is 3.94. The van der Waals surface area contributed by atoms with Gasteiger partial charge in [-0.05, 0) is 50.8 Å². The molecule has 1 atom stereocenters. The zero-order chi connectivity index (χ0) is 24.0. The summed E-state index contributed by atoms with van der Waals surface area (Å²) >= 11 is 0. The fraction of sp³-hybridized carbons (Fsp3) is 0.423. The summed E-state index contributed by atoms with van der Waals surface area (Å²) in [5.74, 6) is -0.794. The van der Waals surface area contributed by atoms with E-state index in [4.69, 9.17) is 9.47 Å². The third kappa shape index (κ3) is 6.34. The number of hydrogen-bond acceptors (Lipinski definition) is 5. The maximum atomic E-state index is 13.7. The van der Waals surface area contributed by atoms with E-state index in [0.29, 0.717) is 25.1 Å². The largest absolute Gasteiger partial charge is 0.468 e. The molecule has 0 saturated carbocycles. The molecule has 3 rings (SSSR count). The predicted molar refractivity (Wildman–Crippen MR) is 126 cm³/mol. The van der Waals surface area contributed by atoms with Crippen LogP contribution in [0.5, 0.6) is 0 Å². The summed E-state index contributed by atoms with van der Waals surface area (Å²) in [5, 5.41) is 0. The second-order valence-corrected chi connectivity index (χ2v) is 9.12. The predicted octanol–water partition coefficient (Wildman–Crippen LogP) is 3.99. The maximum Gasteiger partial charge on any atom is 0.415 e. The molecule has 0 spiro atoms. The molecule has 2 amide bonds. The third-order valence-corrected chi connectivity index (χ3v) is 5.45. The Morgan fingerprint density at radius 1 is 1.03 bits per heavy atom. The molecule has 33 heavy (non-hydrogen) atoms. The van der Waals surface area contributed by atoms with Crippen LogP contribution in [0, 0.1) is 0 Å². The number of amides is 2. The minimum Gasteiger partial charge on any atom is -0.468 e. The highest BCUT2D eigenvalue weighted by Crippen LogP contribution is 2.34. The van der Waals surface area contributed by atoms with Gasteiger partial charge in [0.05, 0.1) is 12.8 Å². The van der Waals surface area contributed by atoms with E-state index in [1.807, 2.05) is 54.6 Å². The van der Waals surface area contributed by atoms with Crippen molar-refractivity contribution in [2.75, 3.05) is 25.1 Å². The summed E-state index contributed by atoms with van der Waals surface area (Å²) in [6.07, 6.45) is 1.24. The molecule has 0 saturated heterocycles. The molecule has 0 aromatic heterocycles. The van der Waals surface area contributed by atoms with Gasteiger partial charge in [-0.1, -0.05) is 48.5 Å². The number of carbonyl (C=O) groups is 3. The van der Waals surface area contributed by atoms with Gasteiger partial charge >= 0.3 is 12.1 Å². The number of ether oxygens (including phenoxy) is 2. The highest BCUT2D eigenvalue weighted by atomic mass is 16.6. The highest BCUT2D eigenvalue weighted by Gasteiger charge is 2.42. The summed E-state index contributed by atoms with van der Waals surface area (Å²) in [7, 11) is 1.30. The molecule has 0 bridgehead atoms. The van der Waals surface area contributed by atoms with Crippen molar-refractivity contribution in [2.24, 2.45) is 0 Å². The van der Waals surface area contributed by atoms with E-state index in [1.54, 1.807) is 20.8 Å². The summed E-state index contributed by atoms with van der Waals surface area (Å²) in [6.45, 7) is 5.57. The smallest absolute Gasteiger partial charge is 0.415 e. The average Bonchev–Trinajstić information content (AvgIpc) is 3.17. The molecule has 0 radical (unpaired) electrons. The van der Waals surface area contributed by atoms with Crippen molar-refractivity contribution >= 4 is 23.7 Å². The molecule has 0 unspecified atom stereocenters. The second-order valence-electron chi connectivity index (χ2n) is 9.12. The zero-order valence-corrected chi connectivity index (χ0v) is 19.7. The van der Waals surface area contributed by atoms with Gasteiger partial charge in [0.15, 0.2) is 0 Å². The molecule has 0 aliphatic carbocycles. The Morgan fingerprint density at radius 3 is 2.36 bits per heavy atom. The van der Waals surface area contributed by atoms with Crippen molar-refractivity contribution in [1.82, 2.24) is 4.90 Å². The standard InChI is InChI=1S/C26H32N2O5/c1-26(2,3)33-25(31)28-21-15-9-8-14-20(21)17-22(28)24(30)27(18-23(29)32-4)16-10-13-19-11-6-5-7-12-19/h5-9,11-12,14-15,22H,10,13,16-18H2,1-4H3/t22-/m1/s1. The van der Waals surface area contributed by atoms with Crippen LogP contribution in [0.1, 0.15) is 38.3 Å². The van der Waals surface area contributed by atoms with Gasteiger partial charge in [-0.3, -0.25) is 14.5 Å². The van der Waals surface area contributed by atoms with Gasteiger partial charge in [-0.25, -0.2) is 4.79 Å². The lowest BCUT2D eigenvalue weighted by Gasteiger charge is -2.31. The Hall–Kier alpha value is -3.35. The van der Waals surface area contributed by atoms with E-state index in [0.717, 1.165) is 17.5 Å². The van der Waals surface area contributed by atoms with Gasteiger partial charge in [0.2, 0.25) is 5.91 Å². The zero-order valence-electron chi connectivity index (χ0n) is 19.7. The number of fused-ring (bicyclic) bond motifs is 1. The highest BCUT2D eigenvalue weighted by molar-refractivity contribution is 6.01. The first-order valence-corrected chi connectivity index (χ1v) is 11.2. The average molecular weight is 453 g/mol. The summed E-state index contributed by atoms with van der Waals surface area (Å²) < 4.78 is 10.4. The Labute approximate surface area is 195 Å². The van der Waals surface area contributed by atoms with E-state index in [1.165, 1.54) is 16.9 Å². The Kier molecular flexibility index (Phi) is 7.74. The van der Waals surface area contributed by atoms with Crippen LogP contribution in [-0.2, 0) is 31.9 Å². The van der Waals surface area contributed by atoms with E-state index >= 15 is 0 Å². The van der Waals surface area contributed by atoms with Crippen LogP contribution in [0.4, 0.5) is 10.5 Å².